The second kappa shape index (κ2) is 9.46. The largest absolute Gasteiger partial charge is 0.507 e. The molecule has 0 fully saturated rings. The molecule has 4 nitrogen and oxygen atoms in total. The number of aliphatic hydroxyl groups is 1. The highest BCUT2D eigenvalue weighted by Gasteiger charge is 2.21. The molecule has 0 spiro atoms. The Labute approximate surface area is 132 Å². The molecule has 0 radical (unpaired) electrons. The van der Waals surface area contributed by atoms with E-state index < -0.39 is 6.10 Å². The van der Waals surface area contributed by atoms with E-state index in [1.54, 1.807) is 6.92 Å². The van der Waals surface area contributed by atoms with Crippen LogP contribution in [0.5, 0.6) is 11.5 Å². The monoisotopic (exact) mass is 308 g/mol. The molecule has 0 aromatic heterocycles. The number of aliphatic hydroxyl groups excluding tert-OH is 1. The Morgan fingerprint density at radius 3 is 2.27 bits per heavy atom. The summed E-state index contributed by atoms with van der Waals surface area (Å²) in [6.07, 6.45) is 8.01. The summed E-state index contributed by atoms with van der Waals surface area (Å²) in [7, 11) is 0. The summed E-state index contributed by atoms with van der Waals surface area (Å²) in [6.45, 7) is 3.82. The average Bonchev–Trinajstić information content (AvgIpc) is 2.46. The number of hydrogen-bond donors (Lipinski definition) is 3. The van der Waals surface area contributed by atoms with Crippen molar-refractivity contribution in [1.82, 2.24) is 0 Å². The van der Waals surface area contributed by atoms with Crippen molar-refractivity contribution < 1.29 is 20.1 Å². The Bertz CT molecular complexity index is 482. The summed E-state index contributed by atoms with van der Waals surface area (Å²) in [5.74, 6) is -0.459. The number of hydrogen-bond acceptors (Lipinski definition) is 4. The normalized spacial score (nSPS) is 12.3. The third kappa shape index (κ3) is 5.02. The minimum atomic E-state index is -0.949. The highest BCUT2D eigenvalue weighted by molar-refractivity contribution is 5.83. The van der Waals surface area contributed by atoms with Crippen LogP contribution in [0.25, 0.3) is 0 Å². The molecule has 0 aliphatic heterocycles. The van der Waals surface area contributed by atoms with E-state index >= 15 is 0 Å². The lowest BCUT2D eigenvalue weighted by Crippen LogP contribution is -2.02. The lowest BCUT2D eigenvalue weighted by Gasteiger charge is -2.16. The summed E-state index contributed by atoms with van der Waals surface area (Å²) in [5.41, 5.74) is 0.696. The predicted octanol–water partition coefficient (Wildman–Crippen LogP) is 4.39. The van der Waals surface area contributed by atoms with E-state index in [2.05, 4.69) is 6.92 Å². The molecule has 124 valence electrons. The molecule has 0 saturated carbocycles. The van der Waals surface area contributed by atoms with Gasteiger partial charge in [-0.05, 0) is 25.0 Å². The fourth-order valence-electron chi connectivity index (χ4n) is 2.73. The van der Waals surface area contributed by atoms with Gasteiger partial charge in [0, 0.05) is 0 Å². The van der Waals surface area contributed by atoms with E-state index in [0.717, 1.165) is 19.3 Å². The van der Waals surface area contributed by atoms with Crippen LogP contribution >= 0.6 is 0 Å². The second-order valence-electron chi connectivity index (χ2n) is 5.93. The number of carbonyl (C=O) groups excluding carboxylic acids is 1. The van der Waals surface area contributed by atoms with Gasteiger partial charge in [-0.15, -0.1) is 0 Å². The second-order valence-corrected chi connectivity index (χ2v) is 5.93. The number of carbonyl (C=O) groups is 1. The van der Waals surface area contributed by atoms with E-state index in [-0.39, 0.29) is 22.6 Å². The van der Waals surface area contributed by atoms with Gasteiger partial charge in [-0.1, -0.05) is 51.9 Å². The molecule has 22 heavy (non-hydrogen) atoms. The average molecular weight is 308 g/mol. The Hall–Kier alpha value is -1.55. The quantitative estimate of drug-likeness (QED) is 0.442. The van der Waals surface area contributed by atoms with Crippen molar-refractivity contribution in [2.24, 2.45) is 0 Å². The Morgan fingerprint density at radius 2 is 1.68 bits per heavy atom. The number of aryl methyl sites for hydroxylation is 1. The SMILES string of the molecule is CCCCCCCCCC(O)c1c(O)cc(C)c(C=O)c1O. The molecule has 1 aromatic rings. The van der Waals surface area contributed by atoms with Gasteiger partial charge in [-0.25, -0.2) is 0 Å². The first kappa shape index (κ1) is 18.5. The number of unbranched alkanes of at least 4 members (excludes halogenated alkanes) is 6. The first-order valence-electron chi connectivity index (χ1n) is 8.21. The fraction of sp³-hybridized carbons (Fsp3) is 0.611. The van der Waals surface area contributed by atoms with Crippen molar-refractivity contribution in [1.29, 1.82) is 0 Å². The highest BCUT2D eigenvalue weighted by atomic mass is 16.3. The van der Waals surface area contributed by atoms with Gasteiger partial charge in [0.25, 0.3) is 0 Å². The number of aromatic hydroxyl groups is 2. The van der Waals surface area contributed by atoms with Crippen molar-refractivity contribution >= 4 is 6.29 Å². The van der Waals surface area contributed by atoms with Crippen molar-refractivity contribution in [3.05, 3.63) is 22.8 Å². The molecule has 1 rings (SSSR count). The van der Waals surface area contributed by atoms with Gasteiger partial charge in [-0.2, -0.15) is 0 Å². The third-order valence-electron chi connectivity index (χ3n) is 4.10. The van der Waals surface area contributed by atoms with Gasteiger partial charge in [-0.3, -0.25) is 4.79 Å². The van der Waals surface area contributed by atoms with Crippen LogP contribution in [0.3, 0.4) is 0 Å². The lowest BCUT2D eigenvalue weighted by molar-refractivity contribution is 0.111. The van der Waals surface area contributed by atoms with E-state index in [9.17, 15) is 20.1 Å². The van der Waals surface area contributed by atoms with Crippen molar-refractivity contribution in [2.45, 2.75) is 71.3 Å². The van der Waals surface area contributed by atoms with Gasteiger partial charge >= 0.3 is 0 Å². The summed E-state index contributed by atoms with van der Waals surface area (Å²) in [5, 5.41) is 30.2. The van der Waals surface area contributed by atoms with E-state index in [0.29, 0.717) is 18.3 Å². The molecule has 1 aromatic carbocycles. The lowest BCUT2D eigenvalue weighted by atomic mass is 9.96. The molecule has 1 unspecified atom stereocenters. The Kier molecular flexibility index (Phi) is 7.96. The van der Waals surface area contributed by atoms with E-state index in [1.807, 2.05) is 0 Å². The van der Waals surface area contributed by atoms with Gasteiger partial charge in [0.15, 0.2) is 6.29 Å². The zero-order chi connectivity index (χ0) is 16.5. The molecule has 3 N–H and O–H groups in total. The molecule has 0 aliphatic rings. The molecule has 0 heterocycles. The van der Waals surface area contributed by atoms with E-state index in [1.165, 1.54) is 31.7 Å². The summed E-state index contributed by atoms with van der Waals surface area (Å²) in [6, 6.07) is 1.41. The maximum atomic E-state index is 11.0. The molecule has 4 heteroatoms. The molecular weight excluding hydrogens is 280 g/mol. The molecule has 0 aliphatic carbocycles. The van der Waals surface area contributed by atoms with Gasteiger partial charge in [0.2, 0.25) is 0 Å². The van der Waals surface area contributed by atoms with Gasteiger partial charge < -0.3 is 15.3 Å². The minimum Gasteiger partial charge on any atom is -0.507 e. The predicted molar refractivity (Wildman–Crippen MR) is 87.5 cm³/mol. The Balaban J connectivity index is 2.55. The van der Waals surface area contributed by atoms with Crippen LogP contribution in [0.1, 0.15) is 85.9 Å². The smallest absolute Gasteiger partial charge is 0.154 e. The van der Waals surface area contributed by atoms with E-state index in [4.69, 9.17) is 0 Å². The zero-order valence-electron chi connectivity index (χ0n) is 13.6. The molecule has 0 amide bonds. The fourth-order valence-corrected chi connectivity index (χ4v) is 2.73. The molecule has 0 saturated heterocycles. The number of aldehydes is 1. The minimum absolute atomic E-state index is 0.0682. The van der Waals surface area contributed by atoms with Crippen molar-refractivity contribution in [2.75, 3.05) is 0 Å². The maximum absolute atomic E-state index is 11.0. The van der Waals surface area contributed by atoms with Crippen LogP contribution < -0.4 is 0 Å². The summed E-state index contributed by atoms with van der Waals surface area (Å²) in [4.78, 5) is 11.0. The molecular formula is C18H28O4. The van der Waals surface area contributed by atoms with Crippen molar-refractivity contribution in [3.63, 3.8) is 0 Å². The van der Waals surface area contributed by atoms with Crippen LogP contribution in [0, 0.1) is 6.92 Å². The summed E-state index contributed by atoms with van der Waals surface area (Å²) >= 11 is 0. The standard InChI is InChI=1S/C18H28O4/c1-3-4-5-6-7-8-9-10-15(20)17-16(21)11-13(2)14(12-19)18(17)22/h11-12,15,20-22H,3-10H2,1-2H3. The molecule has 0 bridgehead atoms. The summed E-state index contributed by atoms with van der Waals surface area (Å²) < 4.78 is 0. The maximum Gasteiger partial charge on any atom is 0.154 e. The Morgan fingerprint density at radius 1 is 1.09 bits per heavy atom. The van der Waals surface area contributed by atoms with Crippen LogP contribution in [-0.4, -0.2) is 21.6 Å². The van der Waals surface area contributed by atoms with Crippen LogP contribution in [0.2, 0.25) is 0 Å². The first-order valence-corrected chi connectivity index (χ1v) is 8.21. The van der Waals surface area contributed by atoms with Crippen LogP contribution in [0.4, 0.5) is 0 Å². The van der Waals surface area contributed by atoms with Crippen LogP contribution in [0.15, 0.2) is 6.07 Å². The van der Waals surface area contributed by atoms with Gasteiger partial charge in [0.05, 0.1) is 17.2 Å². The topological polar surface area (TPSA) is 77.8 Å². The highest BCUT2D eigenvalue weighted by Crippen LogP contribution is 2.38. The van der Waals surface area contributed by atoms with Gasteiger partial charge in [0.1, 0.15) is 11.5 Å². The number of phenols is 2. The number of benzene rings is 1. The molecule has 1 atom stereocenters. The first-order chi connectivity index (χ1) is 10.5. The van der Waals surface area contributed by atoms with Crippen LogP contribution in [-0.2, 0) is 0 Å². The van der Waals surface area contributed by atoms with Crippen molar-refractivity contribution in [3.8, 4) is 11.5 Å². The third-order valence-corrected chi connectivity index (χ3v) is 4.10. The number of phenolic OH excluding ortho intramolecular Hbond substituents is 2. The zero-order valence-corrected chi connectivity index (χ0v) is 13.6. The number of rotatable bonds is 10.